The van der Waals surface area contributed by atoms with Crippen LogP contribution in [0.1, 0.15) is 23.2 Å². The minimum Gasteiger partial charge on any atom is -0.768 e. The second-order valence-electron chi connectivity index (χ2n) is 4.10. The zero-order valence-electron chi connectivity index (χ0n) is 11.0. The van der Waals surface area contributed by atoms with Gasteiger partial charge in [-0.05, 0) is 42.1 Å². The largest absolute Gasteiger partial charge is 0.768 e. The standard InChI is InChI=1S/C11H12ClNO3S.CH5NO/c12-9-4-3-8(7-10(9)17(15)16)11(14)13-5-1-2-6-13;1-2-3/h3-4,7H,1-2,5-6H2,(H,15,16);2-3H,1H3/p-1. The number of hydrogen-bond donors (Lipinski definition) is 2. The van der Waals surface area contributed by atoms with Gasteiger partial charge < -0.3 is 14.7 Å². The number of likely N-dealkylation sites (tertiary alicyclic amines) is 1. The molecule has 0 saturated carbocycles. The fraction of sp³-hybridized carbons (Fsp3) is 0.417. The Morgan fingerprint density at radius 1 is 1.45 bits per heavy atom. The van der Waals surface area contributed by atoms with E-state index in [1.807, 2.05) is 0 Å². The molecule has 0 radical (unpaired) electrons. The maximum absolute atomic E-state index is 12.0. The van der Waals surface area contributed by atoms with E-state index < -0.39 is 11.1 Å². The second-order valence-corrected chi connectivity index (χ2v) is 5.42. The Labute approximate surface area is 125 Å². The number of halogens is 1. The lowest BCUT2D eigenvalue weighted by atomic mass is 10.2. The fourth-order valence-corrected chi connectivity index (χ4v) is 2.62. The summed E-state index contributed by atoms with van der Waals surface area (Å²) in [6.07, 6.45) is 2.00. The summed E-state index contributed by atoms with van der Waals surface area (Å²) in [6, 6.07) is 4.32. The van der Waals surface area contributed by atoms with Gasteiger partial charge in [-0.1, -0.05) is 11.6 Å². The highest BCUT2D eigenvalue weighted by Gasteiger charge is 2.20. The minimum atomic E-state index is -2.42. The third-order valence-corrected chi connectivity index (χ3v) is 3.89. The SMILES string of the molecule is CNO.O=C(c1ccc(Cl)c(S(=O)[O-])c1)N1CCCC1. The molecule has 1 unspecified atom stereocenters. The van der Waals surface area contributed by atoms with E-state index in [-0.39, 0.29) is 15.8 Å². The Hall–Kier alpha value is -0.990. The van der Waals surface area contributed by atoms with Crippen LogP contribution in [0.2, 0.25) is 5.02 Å². The molecule has 1 aromatic carbocycles. The van der Waals surface area contributed by atoms with E-state index in [2.05, 4.69) is 0 Å². The lowest BCUT2D eigenvalue weighted by Crippen LogP contribution is -2.27. The molecule has 112 valence electrons. The van der Waals surface area contributed by atoms with Crippen molar-refractivity contribution in [3.8, 4) is 0 Å². The van der Waals surface area contributed by atoms with Gasteiger partial charge in [0, 0.05) is 30.6 Å². The van der Waals surface area contributed by atoms with Crippen LogP contribution >= 0.6 is 11.6 Å². The van der Waals surface area contributed by atoms with E-state index in [1.165, 1.54) is 19.2 Å². The molecule has 20 heavy (non-hydrogen) atoms. The summed E-state index contributed by atoms with van der Waals surface area (Å²) in [5.74, 6) is -0.133. The normalized spacial score (nSPS) is 15.5. The van der Waals surface area contributed by atoms with Crippen LogP contribution in [0.4, 0.5) is 0 Å². The number of rotatable bonds is 2. The molecule has 1 atom stereocenters. The first-order chi connectivity index (χ1) is 9.51. The van der Waals surface area contributed by atoms with Gasteiger partial charge in [-0.25, -0.2) is 5.48 Å². The van der Waals surface area contributed by atoms with Gasteiger partial charge >= 0.3 is 0 Å². The summed E-state index contributed by atoms with van der Waals surface area (Å²) in [4.78, 5) is 13.7. The summed E-state index contributed by atoms with van der Waals surface area (Å²) >= 11 is 3.32. The molecule has 1 amide bonds. The number of hydroxylamine groups is 1. The molecule has 6 nitrogen and oxygen atoms in total. The van der Waals surface area contributed by atoms with Crippen LogP contribution in [-0.4, -0.2) is 44.9 Å². The average Bonchev–Trinajstić information content (AvgIpc) is 2.93. The van der Waals surface area contributed by atoms with E-state index in [0.717, 1.165) is 25.9 Å². The number of carbonyl (C=O) groups is 1. The Bertz CT molecular complexity index is 492. The van der Waals surface area contributed by atoms with E-state index in [4.69, 9.17) is 16.8 Å². The number of hydrogen-bond acceptors (Lipinski definition) is 5. The first-order valence-electron chi connectivity index (χ1n) is 6.00. The smallest absolute Gasteiger partial charge is 0.253 e. The molecular formula is C12H16ClN2O4S-. The molecule has 2 N–H and O–H groups in total. The van der Waals surface area contributed by atoms with Crippen molar-refractivity contribution in [2.45, 2.75) is 17.7 Å². The lowest BCUT2D eigenvalue weighted by Gasteiger charge is -2.16. The van der Waals surface area contributed by atoms with Crippen molar-refractivity contribution >= 4 is 28.6 Å². The summed E-state index contributed by atoms with van der Waals surface area (Å²) in [5.41, 5.74) is 2.12. The Balaban J connectivity index is 0.000000612. The van der Waals surface area contributed by atoms with Crippen molar-refractivity contribution in [3.05, 3.63) is 28.8 Å². The Morgan fingerprint density at radius 3 is 2.50 bits per heavy atom. The highest BCUT2D eigenvalue weighted by molar-refractivity contribution is 7.79. The topological polar surface area (TPSA) is 92.7 Å². The molecule has 1 saturated heterocycles. The molecule has 8 heteroatoms. The third-order valence-electron chi connectivity index (χ3n) is 2.75. The van der Waals surface area contributed by atoms with Gasteiger partial charge in [-0.3, -0.25) is 9.00 Å². The van der Waals surface area contributed by atoms with E-state index >= 15 is 0 Å². The zero-order chi connectivity index (χ0) is 15.1. The molecular weight excluding hydrogens is 304 g/mol. The summed E-state index contributed by atoms with van der Waals surface area (Å²) in [6.45, 7) is 1.47. The summed E-state index contributed by atoms with van der Waals surface area (Å²) < 4.78 is 21.8. The highest BCUT2D eigenvalue weighted by atomic mass is 35.5. The van der Waals surface area contributed by atoms with Gasteiger partial charge in [0.2, 0.25) is 0 Å². The average molecular weight is 320 g/mol. The molecule has 1 heterocycles. The molecule has 0 bridgehead atoms. The van der Waals surface area contributed by atoms with Crippen LogP contribution in [-0.2, 0) is 11.1 Å². The highest BCUT2D eigenvalue weighted by Crippen LogP contribution is 2.22. The molecule has 0 aliphatic carbocycles. The predicted molar refractivity (Wildman–Crippen MR) is 74.6 cm³/mol. The van der Waals surface area contributed by atoms with Crippen molar-refractivity contribution < 1.29 is 18.8 Å². The maximum Gasteiger partial charge on any atom is 0.253 e. The second kappa shape index (κ2) is 8.33. The quantitative estimate of drug-likeness (QED) is 0.635. The van der Waals surface area contributed by atoms with Crippen LogP contribution in [0.3, 0.4) is 0 Å². The number of nitrogens with one attached hydrogen (secondary N) is 1. The van der Waals surface area contributed by atoms with Gasteiger partial charge in [0.05, 0.1) is 5.02 Å². The van der Waals surface area contributed by atoms with Gasteiger partial charge in [0.15, 0.2) is 0 Å². The van der Waals surface area contributed by atoms with Gasteiger partial charge in [0.1, 0.15) is 0 Å². The molecule has 1 aliphatic rings. The molecule has 1 aliphatic heterocycles. The van der Waals surface area contributed by atoms with Crippen molar-refractivity contribution in [2.24, 2.45) is 0 Å². The molecule has 1 aromatic rings. The number of amides is 1. The van der Waals surface area contributed by atoms with Gasteiger partial charge in [0.25, 0.3) is 5.91 Å². The van der Waals surface area contributed by atoms with Crippen LogP contribution in [0.25, 0.3) is 0 Å². The number of nitrogens with zero attached hydrogens (tertiary/aromatic N) is 1. The molecule has 1 fully saturated rings. The van der Waals surface area contributed by atoms with Crippen LogP contribution in [0.15, 0.2) is 23.1 Å². The molecule has 0 spiro atoms. The minimum absolute atomic E-state index is 0.0308. The van der Waals surface area contributed by atoms with Crippen molar-refractivity contribution in [1.29, 1.82) is 0 Å². The number of carbonyl (C=O) groups excluding carboxylic acids is 1. The Morgan fingerprint density at radius 2 is 2.00 bits per heavy atom. The summed E-state index contributed by atoms with van der Waals surface area (Å²) in [5, 5.41) is 7.45. The maximum atomic E-state index is 12.0. The first kappa shape index (κ1) is 17.1. The third kappa shape index (κ3) is 4.53. The fourth-order valence-electron chi connectivity index (χ4n) is 1.87. The van der Waals surface area contributed by atoms with Crippen LogP contribution < -0.4 is 5.48 Å². The zero-order valence-corrected chi connectivity index (χ0v) is 12.5. The Kier molecular flexibility index (Phi) is 7.11. The summed E-state index contributed by atoms with van der Waals surface area (Å²) in [7, 11) is 1.43. The lowest BCUT2D eigenvalue weighted by molar-refractivity contribution is 0.0792. The first-order valence-corrected chi connectivity index (χ1v) is 7.45. The van der Waals surface area contributed by atoms with E-state index in [0.29, 0.717) is 5.56 Å². The van der Waals surface area contributed by atoms with E-state index in [1.54, 1.807) is 16.4 Å². The monoisotopic (exact) mass is 319 g/mol. The van der Waals surface area contributed by atoms with Crippen molar-refractivity contribution in [3.63, 3.8) is 0 Å². The van der Waals surface area contributed by atoms with Crippen LogP contribution in [0.5, 0.6) is 0 Å². The van der Waals surface area contributed by atoms with Crippen molar-refractivity contribution in [1.82, 2.24) is 10.4 Å². The van der Waals surface area contributed by atoms with Gasteiger partial charge in [-0.15, -0.1) is 0 Å². The molecule has 2 rings (SSSR count). The number of benzene rings is 1. The van der Waals surface area contributed by atoms with E-state index in [9.17, 15) is 13.6 Å². The predicted octanol–water partition coefficient (Wildman–Crippen LogP) is 1.41. The van der Waals surface area contributed by atoms with Crippen molar-refractivity contribution in [2.75, 3.05) is 20.1 Å². The van der Waals surface area contributed by atoms with Crippen LogP contribution in [0, 0.1) is 0 Å². The molecule has 0 aromatic heterocycles. The van der Waals surface area contributed by atoms with Gasteiger partial charge in [-0.2, -0.15) is 0 Å².